The Kier molecular flexibility index (Phi) is 6.09. The zero-order valence-corrected chi connectivity index (χ0v) is 14.4. The Morgan fingerprint density at radius 2 is 1.65 bits per heavy atom. The molecule has 0 saturated heterocycles. The van der Waals surface area contributed by atoms with Gasteiger partial charge in [-0.3, -0.25) is 4.79 Å². The fraction of sp³-hybridized carbons (Fsp3) is 0.944. The Balaban J connectivity index is 2.67. The summed E-state index contributed by atoms with van der Waals surface area (Å²) >= 11 is 0. The minimum atomic E-state index is -0.365. The lowest BCUT2D eigenvalue weighted by Gasteiger charge is -2.36. The number of hydrogen-bond donors (Lipinski definition) is 0. The van der Waals surface area contributed by atoms with E-state index < -0.39 is 0 Å². The Labute approximate surface area is 125 Å². The maximum atomic E-state index is 12.4. The highest BCUT2D eigenvalue weighted by atomic mass is 16.5. The summed E-state index contributed by atoms with van der Waals surface area (Å²) in [7, 11) is 0. The number of carbonyl (C=O) groups is 1. The van der Waals surface area contributed by atoms with Crippen LogP contribution < -0.4 is 0 Å². The molecule has 20 heavy (non-hydrogen) atoms. The fourth-order valence-corrected chi connectivity index (χ4v) is 2.74. The van der Waals surface area contributed by atoms with Crippen LogP contribution in [0.3, 0.4) is 0 Å². The van der Waals surface area contributed by atoms with E-state index in [1.807, 2.05) is 13.8 Å². The molecular weight excluding hydrogens is 248 g/mol. The molecule has 0 spiro atoms. The highest BCUT2D eigenvalue weighted by Crippen LogP contribution is 2.35. The van der Waals surface area contributed by atoms with Gasteiger partial charge in [0.15, 0.2) is 0 Å². The summed E-state index contributed by atoms with van der Waals surface area (Å²) in [6.07, 6.45) is 8.58. The first-order chi connectivity index (χ1) is 9.16. The molecule has 0 heterocycles. The van der Waals surface area contributed by atoms with Crippen molar-refractivity contribution in [3.8, 4) is 0 Å². The second-order valence-corrected chi connectivity index (χ2v) is 8.24. The summed E-state index contributed by atoms with van der Waals surface area (Å²) in [4.78, 5) is 12.4. The molecule has 2 heteroatoms. The largest absolute Gasteiger partial charge is 0.461 e. The van der Waals surface area contributed by atoms with Crippen molar-refractivity contribution in [3.63, 3.8) is 0 Å². The maximum absolute atomic E-state index is 12.4. The highest BCUT2D eigenvalue weighted by Gasteiger charge is 2.35. The van der Waals surface area contributed by atoms with Crippen molar-refractivity contribution in [2.75, 3.05) is 0 Å². The topological polar surface area (TPSA) is 26.3 Å². The highest BCUT2D eigenvalue weighted by molar-refractivity contribution is 5.76. The summed E-state index contributed by atoms with van der Waals surface area (Å²) in [5.74, 6) is 0.709. The monoisotopic (exact) mass is 282 g/mol. The van der Waals surface area contributed by atoms with Gasteiger partial charge in [0.05, 0.1) is 5.41 Å². The van der Waals surface area contributed by atoms with Gasteiger partial charge in [-0.15, -0.1) is 0 Å². The maximum Gasteiger partial charge on any atom is 0.311 e. The molecule has 2 nitrogen and oxygen atoms in total. The average molecular weight is 282 g/mol. The van der Waals surface area contributed by atoms with Gasteiger partial charge in [0, 0.05) is 0 Å². The van der Waals surface area contributed by atoms with Gasteiger partial charge < -0.3 is 4.74 Å². The van der Waals surface area contributed by atoms with Crippen molar-refractivity contribution < 1.29 is 9.53 Å². The predicted octanol–water partition coefficient (Wildman–Crippen LogP) is 5.35. The Hall–Kier alpha value is -0.530. The molecule has 0 bridgehead atoms. The van der Waals surface area contributed by atoms with Crippen molar-refractivity contribution in [2.45, 2.75) is 92.6 Å². The second-order valence-electron chi connectivity index (χ2n) is 8.24. The van der Waals surface area contributed by atoms with E-state index in [4.69, 9.17) is 4.74 Å². The Bertz CT molecular complexity index is 306. The van der Waals surface area contributed by atoms with E-state index in [0.29, 0.717) is 0 Å². The van der Waals surface area contributed by atoms with Gasteiger partial charge in [0.2, 0.25) is 0 Å². The molecule has 1 atom stereocenters. The number of esters is 1. The van der Waals surface area contributed by atoms with E-state index in [1.54, 1.807) is 0 Å². The molecule has 0 N–H and O–H groups in total. The second kappa shape index (κ2) is 6.95. The lowest BCUT2D eigenvalue weighted by molar-refractivity contribution is -0.167. The third kappa shape index (κ3) is 5.10. The molecule has 1 fully saturated rings. The molecule has 1 aliphatic rings. The Morgan fingerprint density at radius 3 is 2.10 bits per heavy atom. The summed E-state index contributed by atoms with van der Waals surface area (Å²) in [6, 6.07) is 0. The van der Waals surface area contributed by atoms with Gasteiger partial charge in [0.25, 0.3) is 0 Å². The van der Waals surface area contributed by atoms with Crippen molar-refractivity contribution in [2.24, 2.45) is 16.7 Å². The van der Waals surface area contributed by atoms with Crippen LogP contribution in [0.5, 0.6) is 0 Å². The van der Waals surface area contributed by atoms with Crippen LogP contribution in [0.15, 0.2) is 0 Å². The number of hydrogen-bond acceptors (Lipinski definition) is 2. The summed E-state index contributed by atoms with van der Waals surface area (Å²) in [5, 5.41) is 0. The van der Waals surface area contributed by atoms with Crippen LogP contribution in [0.1, 0.15) is 86.5 Å². The van der Waals surface area contributed by atoms with Crippen LogP contribution in [-0.4, -0.2) is 12.1 Å². The molecule has 1 unspecified atom stereocenters. The summed E-state index contributed by atoms with van der Waals surface area (Å²) < 4.78 is 5.93. The first kappa shape index (κ1) is 17.5. The third-order valence-electron chi connectivity index (χ3n) is 4.92. The van der Waals surface area contributed by atoms with E-state index in [-0.39, 0.29) is 22.9 Å². The Morgan fingerprint density at radius 1 is 1.10 bits per heavy atom. The van der Waals surface area contributed by atoms with E-state index in [9.17, 15) is 4.79 Å². The SMILES string of the molecule is CCC(C)(C)C(=O)OC(CC1CCCCC1)C(C)(C)C. The van der Waals surface area contributed by atoms with Gasteiger partial charge in [-0.05, 0) is 38.0 Å². The molecule has 0 radical (unpaired) electrons. The first-order valence-electron chi connectivity index (χ1n) is 8.38. The van der Waals surface area contributed by atoms with Crippen molar-refractivity contribution >= 4 is 5.97 Å². The number of carbonyl (C=O) groups excluding carboxylic acids is 1. The number of rotatable bonds is 5. The lowest BCUT2D eigenvalue weighted by atomic mass is 9.78. The number of ether oxygens (including phenoxy) is 1. The minimum Gasteiger partial charge on any atom is -0.461 e. The average Bonchev–Trinajstić information content (AvgIpc) is 2.38. The standard InChI is InChI=1S/C18H34O2/c1-7-18(5,6)16(19)20-15(17(2,3)4)13-14-11-9-8-10-12-14/h14-15H,7-13H2,1-6H3. The van der Waals surface area contributed by atoms with Gasteiger partial charge in [-0.2, -0.15) is 0 Å². The van der Waals surface area contributed by atoms with E-state index in [2.05, 4.69) is 27.7 Å². The van der Waals surface area contributed by atoms with Gasteiger partial charge >= 0.3 is 5.97 Å². The molecule has 118 valence electrons. The molecule has 1 saturated carbocycles. The zero-order chi connectivity index (χ0) is 15.4. The van der Waals surface area contributed by atoms with Gasteiger partial charge in [-0.1, -0.05) is 59.8 Å². The van der Waals surface area contributed by atoms with E-state index >= 15 is 0 Å². The molecule has 0 amide bonds. The summed E-state index contributed by atoms with van der Waals surface area (Å²) in [5.41, 5.74) is -0.340. The van der Waals surface area contributed by atoms with Crippen molar-refractivity contribution in [1.82, 2.24) is 0 Å². The smallest absolute Gasteiger partial charge is 0.311 e. The molecule has 0 aliphatic heterocycles. The molecule has 0 aromatic carbocycles. The lowest BCUT2D eigenvalue weighted by Crippen LogP contribution is -2.38. The molecule has 1 aliphatic carbocycles. The summed E-state index contributed by atoms with van der Waals surface area (Å²) in [6.45, 7) is 12.6. The predicted molar refractivity (Wildman–Crippen MR) is 84.6 cm³/mol. The fourth-order valence-electron chi connectivity index (χ4n) is 2.74. The van der Waals surface area contributed by atoms with Crippen LogP contribution in [0, 0.1) is 16.7 Å². The van der Waals surface area contributed by atoms with Crippen molar-refractivity contribution in [1.29, 1.82) is 0 Å². The van der Waals surface area contributed by atoms with Crippen LogP contribution in [0.25, 0.3) is 0 Å². The van der Waals surface area contributed by atoms with Crippen LogP contribution in [0.4, 0.5) is 0 Å². The van der Waals surface area contributed by atoms with E-state index in [0.717, 1.165) is 18.8 Å². The normalized spacial score (nSPS) is 19.7. The van der Waals surface area contributed by atoms with Gasteiger partial charge in [0.1, 0.15) is 6.10 Å². The van der Waals surface area contributed by atoms with Crippen LogP contribution in [0.2, 0.25) is 0 Å². The third-order valence-corrected chi connectivity index (χ3v) is 4.92. The molecule has 0 aromatic heterocycles. The minimum absolute atomic E-state index is 0.0247. The van der Waals surface area contributed by atoms with E-state index in [1.165, 1.54) is 32.1 Å². The first-order valence-corrected chi connectivity index (χ1v) is 8.38. The van der Waals surface area contributed by atoms with Crippen LogP contribution in [-0.2, 0) is 9.53 Å². The molecule has 0 aromatic rings. The quantitative estimate of drug-likeness (QED) is 0.635. The van der Waals surface area contributed by atoms with Crippen LogP contribution >= 0.6 is 0 Å². The van der Waals surface area contributed by atoms with Gasteiger partial charge in [-0.25, -0.2) is 0 Å². The molecular formula is C18H34O2. The van der Waals surface area contributed by atoms with Crippen molar-refractivity contribution in [3.05, 3.63) is 0 Å². The zero-order valence-electron chi connectivity index (χ0n) is 14.4. The molecule has 1 rings (SSSR count).